The lowest BCUT2D eigenvalue weighted by molar-refractivity contribution is 0.322. The molecule has 1 aromatic rings. The number of para-hydroxylation sites is 1. The average Bonchev–Trinajstić information content (AvgIpc) is 2.73. The van der Waals surface area contributed by atoms with Gasteiger partial charge in [-0.1, -0.05) is 25.1 Å². The van der Waals surface area contributed by atoms with Crippen molar-refractivity contribution in [1.29, 1.82) is 0 Å². The molecular weight excluding hydrogens is 198 g/mol. The molecule has 1 N–H and O–H groups in total. The summed E-state index contributed by atoms with van der Waals surface area (Å²) in [6, 6.07) is 8.43. The smallest absolute Gasteiger partial charge is 0.122 e. The van der Waals surface area contributed by atoms with Crippen molar-refractivity contribution >= 4 is 0 Å². The van der Waals surface area contributed by atoms with E-state index in [0.717, 1.165) is 25.4 Å². The Balaban J connectivity index is 1.76. The minimum Gasteiger partial charge on any atom is -0.493 e. The van der Waals surface area contributed by atoms with E-state index in [0.29, 0.717) is 5.92 Å². The second kappa shape index (κ2) is 5.90. The quantitative estimate of drug-likeness (QED) is 0.743. The third kappa shape index (κ3) is 2.76. The van der Waals surface area contributed by atoms with Crippen LogP contribution in [0, 0.1) is 0 Å². The first-order chi connectivity index (χ1) is 7.92. The van der Waals surface area contributed by atoms with Crippen molar-refractivity contribution in [3.05, 3.63) is 29.8 Å². The molecule has 0 bridgehead atoms. The van der Waals surface area contributed by atoms with E-state index in [9.17, 15) is 0 Å². The third-order valence-corrected chi connectivity index (χ3v) is 3.13. The van der Waals surface area contributed by atoms with Crippen LogP contribution in [0.25, 0.3) is 0 Å². The molecule has 0 saturated carbocycles. The van der Waals surface area contributed by atoms with E-state index in [1.54, 1.807) is 0 Å². The van der Waals surface area contributed by atoms with Crippen LogP contribution < -0.4 is 10.1 Å². The van der Waals surface area contributed by atoms with Crippen LogP contribution in [0.2, 0.25) is 0 Å². The summed E-state index contributed by atoms with van der Waals surface area (Å²) < 4.78 is 5.67. The van der Waals surface area contributed by atoms with Crippen LogP contribution in [0.1, 0.15) is 37.7 Å². The van der Waals surface area contributed by atoms with Gasteiger partial charge in [0.1, 0.15) is 5.75 Å². The predicted octanol–water partition coefficient (Wildman–Crippen LogP) is 2.94. The van der Waals surface area contributed by atoms with Gasteiger partial charge in [-0.3, -0.25) is 0 Å². The summed E-state index contributed by atoms with van der Waals surface area (Å²) in [4.78, 5) is 0. The van der Waals surface area contributed by atoms with Gasteiger partial charge < -0.3 is 10.1 Å². The highest BCUT2D eigenvalue weighted by Crippen LogP contribution is 2.35. The third-order valence-electron chi connectivity index (χ3n) is 3.13. The Kier molecular flexibility index (Phi) is 4.23. The molecule has 1 atom stereocenters. The highest BCUT2D eigenvalue weighted by Gasteiger charge is 2.22. The molecule has 1 unspecified atom stereocenters. The minimum atomic E-state index is 0.611. The van der Waals surface area contributed by atoms with E-state index in [1.165, 1.54) is 24.8 Å². The Bertz CT molecular complexity index is 324. The average molecular weight is 219 g/mol. The van der Waals surface area contributed by atoms with Gasteiger partial charge in [-0.2, -0.15) is 0 Å². The van der Waals surface area contributed by atoms with Crippen molar-refractivity contribution in [1.82, 2.24) is 5.32 Å². The molecule has 1 aromatic carbocycles. The van der Waals surface area contributed by atoms with Crippen molar-refractivity contribution in [3.63, 3.8) is 0 Å². The molecule has 2 nitrogen and oxygen atoms in total. The molecule has 0 fully saturated rings. The largest absolute Gasteiger partial charge is 0.493 e. The Labute approximate surface area is 98.0 Å². The van der Waals surface area contributed by atoms with Gasteiger partial charge in [-0.25, -0.2) is 0 Å². The minimum absolute atomic E-state index is 0.611. The van der Waals surface area contributed by atoms with Gasteiger partial charge in [0.05, 0.1) is 6.61 Å². The Morgan fingerprint density at radius 1 is 1.31 bits per heavy atom. The SMILES string of the molecule is CCCNCCCC1COc2ccccc21. The monoisotopic (exact) mass is 219 g/mol. The van der Waals surface area contributed by atoms with Gasteiger partial charge >= 0.3 is 0 Å². The lowest BCUT2D eigenvalue weighted by Gasteiger charge is -2.08. The zero-order valence-electron chi connectivity index (χ0n) is 10.0. The van der Waals surface area contributed by atoms with Gasteiger partial charge in [-0.15, -0.1) is 0 Å². The summed E-state index contributed by atoms with van der Waals surface area (Å²) in [5.41, 5.74) is 1.40. The van der Waals surface area contributed by atoms with Gasteiger partial charge in [0.15, 0.2) is 0 Å². The maximum atomic E-state index is 5.67. The zero-order chi connectivity index (χ0) is 11.2. The molecule has 0 amide bonds. The molecule has 0 saturated heterocycles. The summed E-state index contributed by atoms with van der Waals surface area (Å²) >= 11 is 0. The summed E-state index contributed by atoms with van der Waals surface area (Å²) in [6.07, 6.45) is 3.69. The molecule has 2 rings (SSSR count). The maximum Gasteiger partial charge on any atom is 0.122 e. The second-order valence-electron chi connectivity index (χ2n) is 4.44. The Morgan fingerprint density at radius 3 is 3.06 bits per heavy atom. The van der Waals surface area contributed by atoms with Crippen molar-refractivity contribution in [2.75, 3.05) is 19.7 Å². The van der Waals surface area contributed by atoms with Crippen molar-refractivity contribution in [2.24, 2.45) is 0 Å². The van der Waals surface area contributed by atoms with Gasteiger partial charge in [-0.05, 0) is 38.4 Å². The van der Waals surface area contributed by atoms with Crippen molar-refractivity contribution in [3.8, 4) is 5.75 Å². The van der Waals surface area contributed by atoms with Crippen LogP contribution in [0.3, 0.4) is 0 Å². The van der Waals surface area contributed by atoms with Gasteiger partial charge in [0.2, 0.25) is 0 Å². The first-order valence-corrected chi connectivity index (χ1v) is 6.34. The molecule has 88 valence electrons. The van der Waals surface area contributed by atoms with Crippen molar-refractivity contribution < 1.29 is 4.74 Å². The van der Waals surface area contributed by atoms with Crippen LogP contribution in [0.15, 0.2) is 24.3 Å². The normalized spacial score (nSPS) is 18.2. The highest BCUT2D eigenvalue weighted by molar-refractivity contribution is 5.39. The van der Waals surface area contributed by atoms with E-state index in [-0.39, 0.29) is 0 Å². The summed E-state index contributed by atoms with van der Waals surface area (Å²) in [5.74, 6) is 1.70. The molecule has 1 heterocycles. The molecule has 0 radical (unpaired) electrons. The van der Waals surface area contributed by atoms with Crippen LogP contribution in [0.4, 0.5) is 0 Å². The number of fused-ring (bicyclic) bond motifs is 1. The highest BCUT2D eigenvalue weighted by atomic mass is 16.5. The Morgan fingerprint density at radius 2 is 2.19 bits per heavy atom. The topological polar surface area (TPSA) is 21.3 Å². The van der Waals surface area contributed by atoms with Crippen LogP contribution in [0.5, 0.6) is 5.75 Å². The summed E-state index contributed by atoms with van der Waals surface area (Å²) in [5, 5.41) is 3.44. The molecule has 16 heavy (non-hydrogen) atoms. The number of hydrogen-bond acceptors (Lipinski definition) is 2. The van der Waals surface area contributed by atoms with Crippen LogP contribution >= 0.6 is 0 Å². The number of nitrogens with one attached hydrogen (secondary N) is 1. The van der Waals surface area contributed by atoms with E-state index >= 15 is 0 Å². The number of ether oxygens (including phenoxy) is 1. The fourth-order valence-corrected chi connectivity index (χ4v) is 2.24. The van der Waals surface area contributed by atoms with Gasteiger partial charge in [0, 0.05) is 11.5 Å². The fraction of sp³-hybridized carbons (Fsp3) is 0.571. The molecule has 2 heteroatoms. The first-order valence-electron chi connectivity index (χ1n) is 6.34. The standard InChI is InChI=1S/C14H21NO/c1-2-9-15-10-5-6-12-11-16-14-8-4-3-7-13(12)14/h3-4,7-8,12,15H,2,5-6,9-11H2,1H3. The van der Waals surface area contributed by atoms with E-state index in [1.807, 2.05) is 6.07 Å². The number of hydrogen-bond donors (Lipinski definition) is 1. The Hall–Kier alpha value is -1.02. The van der Waals surface area contributed by atoms with Gasteiger partial charge in [0.25, 0.3) is 0 Å². The zero-order valence-corrected chi connectivity index (χ0v) is 10.0. The first kappa shape index (κ1) is 11.5. The van der Waals surface area contributed by atoms with E-state index in [2.05, 4.69) is 30.4 Å². The van der Waals surface area contributed by atoms with Crippen LogP contribution in [-0.2, 0) is 0 Å². The molecule has 0 aliphatic carbocycles. The van der Waals surface area contributed by atoms with E-state index in [4.69, 9.17) is 4.74 Å². The molecule has 0 spiro atoms. The number of rotatable bonds is 6. The second-order valence-corrected chi connectivity index (χ2v) is 4.44. The lowest BCUT2D eigenvalue weighted by Crippen LogP contribution is -2.16. The molecular formula is C14H21NO. The molecule has 1 aliphatic rings. The summed E-state index contributed by atoms with van der Waals surface area (Å²) in [6.45, 7) is 5.34. The van der Waals surface area contributed by atoms with Crippen molar-refractivity contribution in [2.45, 2.75) is 32.1 Å². The summed E-state index contributed by atoms with van der Waals surface area (Å²) in [7, 11) is 0. The lowest BCUT2D eigenvalue weighted by atomic mass is 9.96. The molecule has 1 aliphatic heterocycles. The fourth-order valence-electron chi connectivity index (χ4n) is 2.24. The van der Waals surface area contributed by atoms with E-state index < -0.39 is 0 Å². The maximum absolute atomic E-state index is 5.67. The number of benzene rings is 1. The molecule has 0 aromatic heterocycles. The predicted molar refractivity (Wildman–Crippen MR) is 67.1 cm³/mol. The van der Waals surface area contributed by atoms with Crippen LogP contribution in [-0.4, -0.2) is 19.7 Å².